The Morgan fingerprint density at radius 3 is 2.03 bits per heavy atom. The first kappa shape index (κ1) is 26.3. The minimum absolute atomic E-state index is 0.184. The van der Waals surface area contributed by atoms with Crippen molar-refractivity contribution < 1.29 is 26.3 Å². The highest BCUT2D eigenvalue weighted by atomic mass is 19.4. The van der Waals surface area contributed by atoms with Crippen molar-refractivity contribution in [3.8, 4) is 11.8 Å². The smallest absolute Gasteiger partial charge is 0.330 e. The van der Waals surface area contributed by atoms with Gasteiger partial charge in [0, 0.05) is 18.5 Å². The molecule has 7 heteroatoms. The number of hydrogen-bond donors (Lipinski definition) is 1. The maximum Gasteiger partial charge on any atom is 0.416 e. The Kier molecular flexibility index (Phi) is 9.39. The molecule has 0 aliphatic carbocycles. The quantitative estimate of drug-likeness (QED) is 0.292. The van der Waals surface area contributed by atoms with Gasteiger partial charge in [0.25, 0.3) is 0 Å². The van der Waals surface area contributed by atoms with E-state index >= 15 is 0 Å². The first-order valence-corrected chi connectivity index (χ1v) is 9.51. The van der Waals surface area contributed by atoms with Crippen LogP contribution in [-0.4, -0.2) is 12.7 Å². The van der Waals surface area contributed by atoms with Gasteiger partial charge < -0.3 is 5.73 Å². The van der Waals surface area contributed by atoms with Crippen LogP contribution in [0, 0.1) is 11.8 Å². The highest BCUT2D eigenvalue weighted by Gasteiger charge is 2.32. The van der Waals surface area contributed by atoms with Crippen molar-refractivity contribution in [2.24, 2.45) is 5.73 Å². The fourth-order valence-corrected chi connectivity index (χ4v) is 2.62. The average molecular weight is 441 g/mol. The molecule has 1 aromatic carbocycles. The predicted octanol–water partition coefficient (Wildman–Crippen LogP) is 7.21. The van der Waals surface area contributed by atoms with E-state index in [0.717, 1.165) is 24.3 Å². The fourth-order valence-electron chi connectivity index (χ4n) is 2.62. The normalized spacial score (nSPS) is 14.4. The Morgan fingerprint density at radius 1 is 0.935 bits per heavy atom. The molecule has 0 aliphatic heterocycles. The van der Waals surface area contributed by atoms with E-state index in [1.54, 1.807) is 26.0 Å². The van der Waals surface area contributed by atoms with Gasteiger partial charge in [0.05, 0.1) is 11.1 Å². The van der Waals surface area contributed by atoms with Crippen LogP contribution in [0.15, 0.2) is 59.2 Å². The third-order valence-electron chi connectivity index (χ3n) is 4.41. The van der Waals surface area contributed by atoms with Gasteiger partial charge >= 0.3 is 12.4 Å². The lowest BCUT2D eigenvalue weighted by molar-refractivity contribution is -0.137. The van der Waals surface area contributed by atoms with E-state index in [1.165, 1.54) is 19.9 Å². The predicted molar refractivity (Wildman–Crippen MR) is 113 cm³/mol. The minimum atomic E-state index is -4.57. The summed E-state index contributed by atoms with van der Waals surface area (Å²) in [7, 11) is 0. The van der Waals surface area contributed by atoms with Crippen LogP contribution in [0.4, 0.5) is 26.3 Å². The molecule has 0 saturated heterocycles. The SMILES string of the molecule is CC=C(C=C(C)C(C)=CC(=CC)C(F)(F)F)c1cc(C#CCCN)cc(C(F)(F)F)c1. The first-order valence-electron chi connectivity index (χ1n) is 9.51. The third kappa shape index (κ3) is 8.14. The molecule has 1 rings (SSSR count). The standard InChI is InChI=1S/C24H25F6N/c1-5-19(11-16(3)17(4)12-21(6-2)23(25,26)27)20-13-18(9-7-8-10-31)14-22(15-20)24(28,29)30/h5-6,11-15H,8,10,31H2,1-4H3. The van der Waals surface area contributed by atoms with Crippen LogP contribution in [0.2, 0.25) is 0 Å². The lowest BCUT2D eigenvalue weighted by Crippen LogP contribution is -2.10. The summed E-state index contributed by atoms with van der Waals surface area (Å²) < 4.78 is 79.1. The molecular formula is C24H25F6N. The van der Waals surface area contributed by atoms with Gasteiger partial charge in [-0.15, -0.1) is 0 Å². The third-order valence-corrected chi connectivity index (χ3v) is 4.41. The number of alkyl halides is 6. The van der Waals surface area contributed by atoms with Gasteiger partial charge in [-0.2, -0.15) is 26.3 Å². The van der Waals surface area contributed by atoms with Gasteiger partial charge in [0.2, 0.25) is 0 Å². The zero-order valence-electron chi connectivity index (χ0n) is 17.8. The van der Waals surface area contributed by atoms with Gasteiger partial charge in [0.1, 0.15) is 0 Å². The molecule has 1 nitrogen and oxygen atoms in total. The van der Waals surface area contributed by atoms with Crippen molar-refractivity contribution in [1.29, 1.82) is 0 Å². The summed E-state index contributed by atoms with van der Waals surface area (Å²) in [6.07, 6.45) is -3.58. The second-order valence-electron chi connectivity index (χ2n) is 6.78. The molecule has 0 radical (unpaired) electrons. The molecule has 0 amide bonds. The molecule has 0 atom stereocenters. The van der Waals surface area contributed by atoms with E-state index in [-0.39, 0.29) is 11.1 Å². The molecule has 0 heterocycles. The number of rotatable bonds is 5. The van der Waals surface area contributed by atoms with Crippen molar-refractivity contribution in [3.05, 3.63) is 75.9 Å². The molecule has 0 aromatic heterocycles. The summed E-state index contributed by atoms with van der Waals surface area (Å²) in [5.74, 6) is 5.40. The van der Waals surface area contributed by atoms with Crippen LogP contribution in [0.1, 0.15) is 50.8 Å². The monoisotopic (exact) mass is 441 g/mol. The summed E-state index contributed by atoms with van der Waals surface area (Å²) in [5, 5.41) is 0. The Morgan fingerprint density at radius 2 is 1.55 bits per heavy atom. The van der Waals surface area contributed by atoms with Gasteiger partial charge in [-0.25, -0.2) is 0 Å². The van der Waals surface area contributed by atoms with Gasteiger partial charge in [-0.05, 0) is 74.3 Å². The fraction of sp³-hybridized carbons (Fsp3) is 0.333. The van der Waals surface area contributed by atoms with E-state index in [1.807, 2.05) is 0 Å². The molecule has 0 aliphatic rings. The molecule has 0 bridgehead atoms. The van der Waals surface area contributed by atoms with Gasteiger partial charge in [0.15, 0.2) is 0 Å². The topological polar surface area (TPSA) is 26.0 Å². The van der Waals surface area contributed by atoms with E-state index < -0.39 is 23.5 Å². The zero-order valence-corrected chi connectivity index (χ0v) is 17.8. The second kappa shape index (κ2) is 11.1. The van der Waals surface area contributed by atoms with Crippen molar-refractivity contribution in [1.82, 2.24) is 0 Å². The lowest BCUT2D eigenvalue weighted by atomic mass is 9.96. The molecule has 2 N–H and O–H groups in total. The summed E-state index contributed by atoms with van der Waals surface area (Å²) in [4.78, 5) is 0. The van der Waals surface area contributed by atoms with Crippen LogP contribution >= 0.6 is 0 Å². The van der Waals surface area contributed by atoms with E-state index in [0.29, 0.717) is 29.7 Å². The van der Waals surface area contributed by atoms with Gasteiger partial charge in [-0.3, -0.25) is 0 Å². The highest BCUT2D eigenvalue weighted by Crippen LogP contribution is 2.33. The molecule has 1 aromatic rings. The molecular weight excluding hydrogens is 416 g/mol. The van der Waals surface area contributed by atoms with Crippen LogP contribution in [0.25, 0.3) is 5.57 Å². The summed E-state index contributed by atoms with van der Waals surface area (Å²) in [5.41, 5.74) is 5.44. The largest absolute Gasteiger partial charge is 0.416 e. The van der Waals surface area contributed by atoms with Gasteiger partial charge in [-0.1, -0.05) is 30.1 Å². The average Bonchev–Trinajstić information content (AvgIpc) is 2.68. The number of hydrogen-bond acceptors (Lipinski definition) is 1. The van der Waals surface area contributed by atoms with Crippen LogP contribution < -0.4 is 5.73 Å². The molecule has 0 fully saturated rings. The Labute approximate surface area is 179 Å². The summed E-state index contributed by atoms with van der Waals surface area (Å²) in [6.45, 7) is 6.35. The Bertz CT molecular complexity index is 960. The summed E-state index contributed by atoms with van der Waals surface area (Å²) in [6, 6.07) is 3.48. The van der Waals surface area contributed by atoms with E-state index in [9.17, 15) is 26.3 Å². The maximum atomic E-state index is 13.4. The van der Waals surface area contributed by atoms with E-state index in [4.69, 9.17) is 5.73 Å². The number of allylic oxidation sites excluding steroid dienone is 8. The summed E-state index contributed by atoms with van der Waals surface area (Å²) >= 11 is 0. The van der Waals surface area contributed by atoms with Crippen molar-refractivity contribution in [2.75, 3.05) is 6.54 Å². The molecule has 31 heavy (non-hydrogen) atoms. The van der Waals surface area contributed by atoms with Crippen LogP contribution in [0.3, 0.4) is 0 Å². The molecule has 0 saturated carbocycles. The molecule has 0 unspecified atom stereocenters. The maximum absolute atomic E-state index is 13.4. The minimum Gasteiger partial charge on any atom is -0.330 e. The van der Waals surface area contributed by atoms with Crippen LogP contribution in [-0.2, 0) is 6.18 Å². The Hall–Kier alpha value is -2.72. The number of nitrogens with two attached hydrogens (primary N) is 1. The van der Waals surface area contributed by atoms with E-state index in [2.05, 4.69) is 11.8 Å². The zero-order chi connectivity index (χ0) is 23.8. The number of halogens is 6. The van der Waals surface area contributed by atoms with Crippen molar-refractivity contribution in [2.45, 2.75) is 46.5 Å². The number of benzene rings is 1. The molecule has 168 valence electrons. The Balaban J connectivity index is 3.48. The highest BCUT2D eigenvalue weighted by molar-refractivity contribution is 5.76. The van der Waals surface area contributed by atoms with Crippen molar-refractivity contribution in [3.63, 3.8) is 0 Å². The van der Waals surface area contributed by atoms with Crippen LogP contribution in [0.5, 0.6) is 0 Å². The molecule has 0 spiro atoms. The second-order valence-corrected chi connectivity index (χ2v) is 6.78. The van der Waals surface area contributed by atoms with Crippen molar-refractivity contribution >= 4 is 5.57 Å². The lowest BCUT2D eigenvalue weighted by Gasteiger charge is -2.13. The first-order chi connectivity index (χ1) is 14.3.